The van der Waals surface area contributed by atoms with Crippen LogP contribution in [0.25, 0.3) is 0 Å². The average molecular weight is 223 g/mol. The Morgan fingerprint density at radius 2 is 1.81 bits per heavy atom. The van der Waals surface area contributed by atoms with Crippen LogP contribution in [0.15, 0.2) is 12.1 Å². The molecule has 16 heavy (non-hydrogen) atoms. The van der Waals surface area contributed by atoms with Crippen molar-refractivity contribution in [3.05, 3.63) is 23.3 Å². The van der Waals surface area contributed by atoms with Gasteiger partial charge in [-0.1, -0.05) is 6.92 Å². The minimum Gasteiger partial charge on any atom is -0.496 e. The summed E-state index contributed by atoms with van der Waals surface area (Å²) >= 11 is 0. The Balaban J connectivity index is 3.13. The molecule has 90 valence electrons. The molecule has 1 rings (SSSR count). The van der Waals surface area contributed by atoms with Crippen molar-refractivity contribution in [2.24, 2.45) is 0 Å². The second-order valence-electron chi connectivity index (χ2n) is 4.02. The zero-order valence-electron chi connectivity index (χ0n) is 10.8. The van der Waals surface area contributed by atoms with E-state index in [1.165, 1.54) is 5.56 Å². The van der Waals surface area contributed by atoms with Gasteiger partial charge in [-0.2, -0.15) is 0 Å². The number of rotatable bonds is 5. The molecular formula is C13H21NO2. The monoisotopic (exact) mass is 223 g/mol. The smallest absolute Gasteiger partial charge is 0.122 e. The molecule has 1 aromatic carbocycles. The summed E-state index contributed by atoms with van der Waals surface area (Å²) in [5.41, 5.74) is 2.28. The third-order valence-electron chi connectivity index (χ3n) is 2.79. The number of methoxy groups -OCH3 is 2. The zero-order chi connectivity index (χ0) is 12.1. The van der Waals surface area contributed by atoms with Crippen LogP contribution in [0.5, 0.6) is 11.5 Å². The Morgan fingerprint density at radius 3 is 2.31 bits per heavy atom. The summed E-state index contributed by atoms with van der Waals surface area (Å²) in [5, 5.41) is 3.17. The first-order valence-corrected chi connectivity index (χ1v) is 5.51. The molecule has 1 aromatic rings. The van der Waals surface area contributed by atoms with E-state index in [1.807, 2.05) is 20.0 Å². The van der Waals surface area contributed by atoms with E-state index in [-0.39, 0.29) is 0 Å². The summed E-state index contributed by atoms with van der Waals surface area (Å²) in [7, 11) is 5.35. The Hall–Kier alpha value is -1.22. The summed E-state index contributed by atoms with van der Waals surface area (Å²) in [6, 6.07) is 4.09. The maximum Gasteiger partial charge on any atom is 0.122 e. The lowest BCUT2D eigenvalue weighted by atomic mass is 9.98. The lowest BCUT2D eigenvalue weighted by Crippen LogP contribution is -2.15. The van der Waals surface area contributed by atoms with Crippen LogP contribution in [0, 0.1) is 6.92 Å². The van der Waals surface area contributed by atoms with Gasteiger partial charge in [0.15, 0.2) is 0 Å². The molecule has 0 amide bonds. The van der Waals surface area contributed by atoms with E-state index in [9.17, 15) is 0 Å². The summed E-state index contributed by atoms with van der Waals surface area (Å²) in [4.78, 5) is 0. The van der Waals surface area contributed by atoms with Crippen LogP contribution in [0.3, 0.4) is 0 Å². The molecule has 0 aromatic heterocycles. The first-order valence-electron chi connectivity index (χ1n) is 5.51. The van der Waals surface area contributed by atoms with Gasteiger partial charge in [-0.05, 0) is 37.6 Å². The van der Waals surface area contributed by atoms with Gasteiger partial charge in [-0.15, -0.1) is 0 Å². The Bertz CT molecular complexity index is 350. The number of aryl methyl sites for hydroxylation is 1. The minimum absolute atomic E-state index is 0.398. The molecule has 1 unspecified atom stereocenters. The lowest BCUT2D eigenvalue weighted by Gasteiger charge is -2.17. The van der Waals surface area contributed by atoms with Gasteiger partial charge in [-0.25, -0.2) is 0 Å². The van der Waals surface area contributed by atoms with Crippen LogP contribution in [0.1, 0.15) is 24.0 Å². The van der Waals surface area contributed by atoms with Crippen molar-refractivity contribution in [2.75, 3.05) is 27.8 Å². The van der Waals surface area contributed by atoms with Crippen molar-refractivity contribution < 1.29 is 9.47 Å². The van der Waals surface area contributed by atoms with Crippen LogP contribution in [-0.2, 0) is 0 Å². The van der Waals surface area contributed by atoms with Crippen molar-refractivity contribution in [1.82, 2.24) is 5.32 Å². The summed E-state index contributed by atoms with van der Waals surface area (Å²) in [6.45, 7) is 5.11. The highest BCUT2D eigenvalue weighted by Gasteiger charge is 2.13. The topological polar surface area (TPSA) is 30.5 Å². The highest BCUT2D eigenvalue weighted by atomic mass is 16.5. The summed E-state index contributed by atoms with van der Waals surface area (Å²) < 4.78 is 10.7. The Morgan fingerprint density at radius 1 is 1.19 bits per heavy atom. The number of nitrogens with one attached hydrogen (secondary N) is 1. The van der Waals surface area contributed by atoms with E-state index in [2.05, 4.69) is 18.3 Å². The fourth-order valence-electron chi connectivity index (χ4n) is 1.88. The molecule has 0 aliphatic carbocycles. The molecule has 0 aliphatic rings. The maximum absolute atomic E-state index is 5.41. The number of likely N-dealkylation sites (N-methyl/N-ethyl adjacent to an activating group) is 1. The second-order valence-corrected chi connectivity index (χ2v) is 4.02. The molecule has 0 saturated carbocycles. The van der Waals surface area contributed by atoms with Crippen molar-refractivity contribution in [1.29, 1.82) is 0 Å². The second kappa shape index (κ2) is 5.75. The molecule has 0 fully saturated rings. The third kappa shape index (κ3) is 2.67. The SMILES string of the molecule is CNCC(C)c1cc(OC)c(C)cc1OC. The number of hydrogen-bond donors (Lipinski definition) is 1. The van der Waals surface area contributed by atoms with Crippen molar-refractivity contribution in [3.8, 4) is 11.5 Å². The van der Waals surface area contributed by atoms with Gasteiger partial charge in [0.05, 0.1) is 14.2 Å². The van der Waals surface area contributed by atoms with Gasteiger partial charge in [0.2, 0.25) is 0 Å². The molecule has 1 atom stereocenters. The molecule has 0 spiro atoms. The third-order valence-corrected chi connectivity index (χ3v) is 2.79. The number of ether oxygens (including phenoxy) is 2. The zero-order valence-corrected chi connectivity index (χ0v) is 10.8. The lowest BCUT2D eigenvalue weighted by molar-refractivity contribution is 0.393. The van der Waals surface area contributed by atoms with Crippen molar-refractivity contribution in [3.63, 3.8) is 0 Å². The van der Waals surface area contributed by atoms with Gasteiger partial charge >= 0.3 is 0 Å². The fourth-order valence-corrected chi connectivity index (χ4v) is 1.88. The van der Waals surface area contributed by atoms with Crippen LogP contribution in [0.4, 0.5) is 0 Å². The van der Waals surface area contributed by atoms with Gasteiger partial charge in [0.1, 0.15) is 11.5 Å². The molecule has 3 nitrogen and oxygen atoms in total. The minimum atomic E-state index is 0.398. The van der Waals surface area contributed by atoms with Gasteiger partial charge in [0.25, 0.3) is 0 Å². The van der Waals surface area contributed by atoms with E-state index in [1.54, 1.807) is 14.2 Å². The standard InChI is InChI=1S/C13H21NO2/c1-9-6-13(16-5)11(7-12(9)15-4)10(2)8-14-3/h6-7,10,14H,8H2,1-5H3. The molecule has 0 radical (unpaired) electrons. The van der Waals surface area contributed by atoms with Gasteiger partial charge < -0.3 is 14.8 Å². The molecule has 0 heterocycles. The van der Waals surface area contributed by atoms with Crippen molar-refractivity contribution >= 4 is 0 Å². The van der Waals surface area contributed by atoms with E-state index in [4.69, 9.17) is 9.47 Å². The largest absolute Gasteiger partial charge is 0.496 e. The highest BCUT2D eigenvalue weighted by Crippen LogP contribution is 2.32. The normalized spacial score (nSPS) is 12.3. The van der Waals surface area contributed by atoms with Crippen molar-refractivity contribution in [2.45, 2.75) is 19.8 Å². The van der Waals surface area contributed by atoms with Crippen LogP contribution in [-0.4, -0.2) is 27.8 Å². The van der Waals surface area contributed by atoms with E-state index >= 15 is 0 Å². The summed E-state index contributed by atoms with van der Waals surface area (Å²) in [6.07, 6.45) is 0. The number of benzene rings is 1. The highest BCUT2D eigenvalue weighted by molar-refractivity contribution is 5.47. The molecule has 1 N–H and O–H groups in total. The first-order chi connectivity index (χ1) is 7.63. The van der Waals surface area contributed by atoms with Crippen LogP contribution in [0.2, 0.25) is 0 Å². The molecule has 0 saturated heterocycles. The van der Waals surface area contributed by atoms with E-state index in [0.717, 1.165) is 23.6 Å². The molecule has 3 heteroatoms. The van der Waals surface area contributed by atoms with Gasteiger partial charge in [-0.3, -0.25) is 0 Å². The quantitative estimate of drug-likeness (QED) is 0.831. The summed E-state index contributed by atoms with van der Waals surface area (Å²) in [5.74, 6) is 2.24. The fraction of sp³-hybridized carbons (Fsp3) is 0.538. The molecule has 0 aliphatic heterocycles. The van der Waals surface area contributed by atoms with Crippen LogP contribution >= 0.6 is 0 Å². The van der Waals surface area contributed by atoms with E-state index in [0.29, 0.717) is 5.92 Å². The Labute approximate surface area is 97.8 Å². The predicted octanol–water partition coefficient (Wildman–Crippen LogP) is 2.34. The maximum atomic E-state index is 5.41. The Kier molecular flexibility index (Phi) is 4.62. The number of hydrogen-bond acceptors (Lipinski definition) is 3. The van der Waals surface area contributed by atoms with E-state index < -0.39 is 0 Å². The first kappa shape index (κ1) is 12.8. The average Bonchev–Trinajstić information content (AvgIpc) is 2.28. The van der Waals surface area contributed by atoms with Crippen LogP contribution < -0.4 is 14.8 Å². The molecular weight excluding hydrogens is 202 g/mol. The molecule has 0 bridgehead atoms. The van der Waals surface area contributed by atoms with Gasteiger partial charge in [0, 0.05) is 12.1 Å². The predicted molar refractivity (Wildman–Crippen MR) is 66.6 cm³/mol.